The predicted octanol–water partition coefficient (Wildman–Crippen LogP) is 3.09. The van der Waals surface area contributed by atoms with Crippen LogP contribution >= 0.6 is 0 Å². The van der Waals surface area contributed by atoms with Gasteiger partial charge in [-0.2, -0.15) is 4.98 Å². The summed E-state index contributed by atoms with van der Waals surface area (Å²) in [6.45, 7) is 13.7. The molecule has 1 N–H and O–H groups in total. The first kappa shape index (κ1) is 14.7. The van der Waals surface area contributed by atoms with E-state index in [0.717, 1.165) is 43.5 Å². The van der Waals surface area contributed by atoms with Gasteiger partial charge in [0.25, 0.3) is 0 Å². The van der Waals surface area contributed by atoms with E-state index in [1.54, 1.807) is 0 Å². The van der Waals surface area contributed by atoms with E-state index in [9.17, 15) is 0 Å². The maximum absolute atomic E-state index is 4.60. The van der Waals surface area contributed by atoms with Crippen LogP contribution in [0, 0.1) is 12.8 Å². The van der Waals surface area contributed by atoms with Gasteiger partial charge in [-0.1, -0.05) is 20.8 Å². The van der Waals surface area contributed by atoms with Gasteiger partial charge in [0.2, 0.25) is 5.95 Å². The number of aromatic nitrogens is 2. The molecular formula is C14H26N4. The van der Waals surface area contributed by atoms with E-state index in [4.69, 9.17) is 0 Å². The van der Waals surface area contributed by atoms with Crippen molar-refractivity contribution in [1.29, 1.82) is 0 Å². The molecule has 4 heteroatoms. The first-order valence-corrected chi connectivity index (χ1v) is 6.91. The Bertz CT molecular complexity index is 363. The van der Waals surface area contributed by atoms with Crippen molar-refractivity contribution < 1.29 is 0 Å². The highest BCUT2D eigenvalue weighted by molar-refractivity contribution is 5.44. The molecule has 0 aliphatic carbocycles. The highest BCUT2D eigenvalue weighted by atomic mass is 15.2. The van der Waals surface area contributed by atoms with E-state index in [2.05, 4.69) is 53.9 Å². The molecule has 0 aromatic carbocycles. The number of nitrogens with one attached hydrogen (secondary N) is 1. The summed E-state index contributed by atoms with van der Waals surface area (Å²) in [6.07, 6.45) is 1.08. The van der Waals surface area contributed by atoms with Crippen molar-refractivity contribution in [3.8, 4) is 0 Å². The summed E-state index contributed by atoms with van der Waals surface area (Å²) < 4.78 is 0. The Kier molecular flexibility index (Phi) is 5.89. The number of anilines is 2. The van der Waals surface area contributed by atoms with Crippen LogP contribution in [0.4, 0.5) is 11.8 Å². The standard InChI is InChI=1S/C14H26N4/c1-6-8-15-14-16-12(5)9-13(17-14)18(7-2)10-11(3)4/h9,11H,6-8,10H2,1-5H3,(H,15,16,17). The molecule has 0 unspecified atom stereocenters. The second kappa shape index (κ2) is 7.19. The molecule has 0 aliphatic rings. The van der Waals surface area contributed by atoms with Crippen molar-refractivity contribution in [2.45, 2.75) is 41.0 Å². The van der Waals surface area contributed by atoms with E-state index in [-0.39, 0.29) is 0 Å². The molecule has 0 saturated heterocycles. The summed E-state index contributed by atoms with van der Waals surface area (Å²) in [5, 5.41) is 3.26. The lowest BCUT2D eigenvalue weighted by molar-refractivity contribution is 0.614. The van der Waals surface area contributed by atoms with Crippen molar-refractivity contribution in [3.63, 3.8) is 0 Å². The Balaban J connectivity index is 2.88. The number of rotatable bonds is 7. The lowest BCUT2D eigenvalue weighted by Crippen LogP contribution is -2.28. The van der Waals surface area contributed by atoms with Crippen molar-refractivity contribution >= 4 is 11.8 Å². The monoisotopic (exact) mass is 250 g/mol. The predicted molar refractivity (Wildman–Crippen MR) is 78.3 cm³/mol. The van der Waals surface area contributed by atoms with Gasteiger partial charge in [0.1, 0.15) is 5.82 Å². The van der Waals surface area contributed by atoms with Crippen LogP contribution in [0.15, 0.2) is 6.07 Å². The molecule has 0 atom stereocenters. The minimum Gasteiger partial charge on any atom is -0.356 e. The van der Waals surface area contributed by atoms with Gasteiger partial charge in [0, 0.05) is 31.4 Å². The lowest BCUT2D eigenvalue weighted by atomic mass is 10.2. The van der Waals surface area contributed by atoms with E-state index in [1.807, 2.05) is 6.92 Å². The molecule has 18 heavy (non-hydrogen) atoms. The maximum Gasteiger partial charge on any atom is 0.224 e. The zero-order chi connectivity index (χ0) is 13.5. The molecule has 0 amide bonds. The Morgan fingerprint density at radius 2 is 2.00 bits per heavy atom. The summed E-state index contributed by atoms with van der Waals surface area (Å²) >= 11 is 0. The highest BCUT2D eigenvalue weighted by Gasteiger charge is 2.10. The molecule has 4 nitrogen and oxygen atoms in total. The summed E-state index contributed by atoms with van der Waals surface area (Å²) in [5.74, 6) is 2.40. The Hall–Kier alpha value is -1.32. The third-order valence-electron chi connectivity index (χ3n) is 2.67. The molecule has 0 spiro atoms. The van der Waals surface area contributed by atoms with E-state index < -0.39 is 0 Å². The first-order valence-electron chi connectivity index (χ1n) is 6.91. The van der Waals surface area contributed by atoms with Crippen LogP contribution in [0.25, 0.3) is 0 Å². The molecule has 1 heterocycles. The molecule has 0 bridgehead atoms. The summed E-state index contributed by atoms with van der Waals surface area (Å²) in [5.41, 5.74) is 1.01. The average Bonchev–Trinajstić information content (AvgIpc) is 2.32. The molecule has 1 aromatic heterocycles. The fourth-order valence-electron chi connectivity index (χ4n) is 1.86. The Morgan fingerprint density at radius 1 is 1.28 bits per heavy atom. The quantitative estimate of drug-likeness (QED) is 0.807. The van der Waals surface area contributed by atoms with Gasteiger partial charge in [-0.3, -0.25) is 0 Å². The fourth-order valence-corrected chi connectivity index (χ4v) is 1.86. The minimum atomic E-state index is 0.632. The normalized spacial score (nSPS) is 10.8. The Morgan fingerprint density at radius 3 is 2.56 bits per heavy atom. The van der Waals surface area contributed by atoms with E-state index in [0.29, 0.717) is 5.92 Å². The van der Waals surface area contributed by atoms with Crippen LogP contribution in [0.5, 0.6) is 0 Å². The molecule has 0 radical (unpaired) electrons. The average molecular weight is 250 g/mol. The number of aryl methyl sites for hydroxylation is 1. The second-order valence-electron chi connectivity index (χ2n) is 5.05. The van der Waals surface area contributed by atoms with Crippen molar-refractivity contribution in [3.05, 3.63) is 11.8 Å². The second-order valence-corrected chi connectivity index (χ2v) is 5.05. The minimum absolute atomic E-state index is 0.632. The molecule has 102 valence electrons. The maximum atomic E-state index is 4.60. The largest absolute Gasteiger partial charge is 0.356 e. The van der Waals surface area contributed by atoms with Gasteiger partial charge >= 0.3 is 0 Å². The molecule has 0 saturated carbocycles. The third kappa shape index (κ3) is 4.51. The molecular weight excluding hydrogens is 224 g/mol. The van der Waals surface area contributed by atoms with Crippen molar-refractivity contribution in [1.82, 2.24) is 9.97 Å². The molecule has 1 rings (SSSR count). The summed E-state index contributed by atoms with van der Waals surface area (Å²) in [7, 11) is 0. The van der Waals surface area contributed by atoms with Gasteiger partial charge in [0.05, 0.1) is 0 Å². The smallest absolute Gasteiger partial charge is 0.224 e. The van der Waals surface area contributed by atoms with Gasteiger partial charge < -0.3 is 10.2 Å². The summed E-state index contributed by atoms with van der Waals surface area (Å²) in [6, 6.07) is 2.06. The summed E-state index contributed by atoms with van der Waals surface area (Å²) in [4.78, 5) is 11.3. The van der Waals surface area contributed by atoms with E-state index >= 15 is 0 Å². The molecule has 1 aromatic rings. The topological polar surface area (TPSA) is 41.1 Å². The van der Waals surface area contributed by atoms with Crippen molar-refractivity contribution in [2.24, 2.45) is 5.92 Å². The number of hydrogen-bond donors (Lipinski definition) is 1. The Labute approximate surface area is 111 Å². The van der Waals surface area contributed by atoms with Gasteiger partial charge in [-0.15, -0.1) is 0 Å². The van der Waals surface area contributed by atoms with Crippen LogP contribution in [0.3, 0.4) is 0 Å². The third-order valence-corrected chi connectivity index (χ3v) is 2.67. The molecule has 0 fully saturated rings. The zero-order valence-corrected chi connectivity index (χ0v) is 12.3. The molecule has 0 aliphatic heterocycles. The fraction of sp³-hybridized carbons (Fsp3) is 0.714. The number of nitrogens with zero attached hydrogens (tertiary/aromatic N) is 3. The van der Waals surface area contributed by atoms with Crippen LogP contribution in [0.2, 0.25) is 0 Å². The van der Waals surface area contributed by atoms with E-state index in [1.165, 1.54) is 0 Å². The van der Waals surface area contributed by atoms with Gasteiger partial charge in [-0.25, -0.2) is 4.98 Å². The lowest BCUT2D eigenvalue weighted by Gasteiger charge is -2.24. The van der Waals surface area contributed by atoms with Crippen LogP contribution in [-0.4, -0.2) is 29.6 Å². The van der Waals surface area contributed by atoms with Crippen LogP contribution in [-0.2, 0) is 0 Å². The van der Waals surface area contributed by atoms with Crippen molar-refractivity contribution in [2.75, 3.05) is 29.9 Å². The van der Waals surface area contributed by atoms with Crippen LogP contribution < -0.4 is 10.2 Å². The van der Waals surface area contributed by atoms with Gasteiger partial charge in [-0.05, 0) is 26.2 Å². The number of hydrogen-bond acceptors (Lipinski definition) is 4. The zero-order valence-electron chi connectivity index (χ0n) is 12.3. The highest BCUT2D eigenvalue weighted by Crippen LogP contribution is 2.16. The first-order chi connectivity index (χ1) is 8.56. The van der Waals surface area contributed by atoms with Crippen LogP contribution in [0.1, 0.15) is 39.8 Å². The van der Waals surface area contributed by atoms with Gasteiger partial charge in [0.15, 0.2) is 0 Å². The SMILES string of the molecule is CCCNc1nc(C)cc(N(CC)CC(C)C)n1.